The van der Waals surface area contributed by atoms with E-state index in [1.54, 1.807) is 10.8 Å². The van der Waals surface area contributed by atoms with Gasteiger partial charge in [-0.05, 0) is 80.2 Å². The Morgan fingerprint density at radius 3 is 2.76 bits per heavy atom. The third-order valence-corrected chi connectivity index (χ3v) is 6.73. The molecule has 1 fully saturated rings. The molecule has 1 aliphatic rings. The van der Waals surface area contributed by atoms with Crippen LogP contribution in [-0.2, 0) is 6.54 Å². The lowest BCUT2D eigenvalue weighted by atomic mass is 10.0. The smallest absolute Gasteiger partial charge is 0.276 e. The summed E-state index contributed by atoms with van der Waals surface area (Å²) in [6, 6.07) is 15.0. The lowest BCUT2D eigenvalue weighted by Crippen LogP contribution is -2.36. The Bertz CT molecular complexity index is 1360. The molecule has 1 amide bonds. The number of benzene rings is 1. The first-order valence-electron chi connectivity index (χ1n) is 12.1. The van der Waals surface area contributed by atoms with Gasteiger partial charge in [-0.2, -0.15) is 0 Å². The van der Waals surface area contributed by atoms with Gasteiger partial charge < -0.3 is 14.6 Å². The van der Waals surface area contributed by atoms with Crippen molar-refractivity contribution in [1.29, 1.82) is 0 Å². The number of pyridine rings is 1. The minimum absolute atomic E-state index is 0.0579. The van der Waals surface area contributed by atoms with E-state index in [9.17, 15) is 9.59 Å². The van der Waals surface area contributed by atoms with Crippen LogP contribution < -0.4 is 10.9 Å². The number of hydrogen-bond acceptors (Lipinski definition) is 4. The van der Waals surface area contributed by atoms with Crippen LogP contribution in [0.15, 0.2) is 65.7 Å². The standard InChI is InChI=1S/C27H31N5O2/c1-20-6-3-15-30(18-20)16-5-14-29-26(33)22-11-9-21(10-12-22)19-32-25-23(7-2-13-28-25)31-17-4-8-24(31)27(32)34/h2,4,7-13,17,20H,3,5-6,14-16,18-19H2,1H3,(H,29,33)/t20-/m1/s1. The molecular formula is C27H31N5O2. The number of aromatic nitrogens is 3. The number of piperidine rings is 1. The van der Waals surface area contributed by atoms with E-state index < -0.39 is 0 Å². The molecule has 34 heavy (non-hydrogen) atoms. The second-order valence-corrected chi connectivity index (χ2v) is 9.36. The zero-order chi connectivity index (χ0) is 23.5. The van der Waals surface area contributed by atoms with Crippen molar-refractivity contribution in [3.63, 3.8) is 0 Å². The molecule has 0 unspecified atom stereocenters. The minimum atomic E-state index is -0.0823. The molecule has 5 rings (SSSR count). The molecule has 1 atom stereocenters. The first-order chi connectivity index (χ1) is 16.6. The molecule has 0 aliphatic carbocycles. The quantitative estimate of drug-likeness (QED) is 0.431. The summed E-state index contributed by atoms with van der Waals surface area (Å²) in [6.45, 7) is 6.75. The van der Waals surface area contributed by atoms with Crippen LogP contribution in [0.3, 0.4) is 0 Å². The molecule has 0 bridgehead atoms. The van der Waals surface area contributed by atoms with E-state index in [4.69, 9.17) is 0 Å². The topological polar surface area (TPSA) is 71.6 Å². The van der Waals surface area contributed by atoms with Crippen LogP contribution in [0.2, 0.25) is 0 Å². The Labute approximate surface area is 199 Å². The fourth-order valence-electron chi connectivity index (χ4n) is 4.97. The third-order valence-electron chi connectivity index (χ3n) is 6.73. The molecule has 4 aromatic rings. The highest BCUT2D eigenvalue weighted by atomic mass is 16.1. The van der Waals surface area contributed by atoms with E-state index in [1.165, 1.54) is 25.9 Å². The molecule has 7 heteroatoms. The molecule has 1 N–H and O–H groups in total. The molecule has 176 valence electrons. The molecule has 0 spiro atoms. The van der Waals surface area contributed by atoms with Crippen molar-refractivity contribution in [2.45, 2.75) is 32.7 Å². The summed E-state index contributed by atoms with van der Waals surface area (Å²) in [5, 5.41) is 3.04. The molecule has 0 saturated carbocycles. The normalized spacial score (nSPS) is 16.8. The van der Waals surface area contributed by atoms with Gasteiger partial charge in [0.2, 0.25) is 0 Å². The second-order valence-electron chi connectivity index (χ2n) is 9.36. The van der Waals surface area contributed by atoms with Gasteiger partial charge in [0.05, 0.1) is 12.1 Å². The van der Waals surface area contributed by atoms with Crippen molar-refractivity contribution in [3.05, 3.63) is 82.4 Å². The van der Waals surface area contributed by atoms with E-state index in [0.29, 0.717) is 29.8 Å². The van der Waals surface area contributed by atoms with Crippen molar-refractivity contribution >= 4 is 22.6 Å². The van der Waals surface area contributed by atoms with Crippen molar-refractivity contribution < 1.29 is 4.79 Å². The Morgan fingerprint density at radius 2 is 1.94 bits per heavy atom. The fraction of sp³-hybridized carbons (Fsp3) is 0.370. The van der Waals surface area contributed by atoms with Gasteiger partial charge in [0.1, 0.15) is 5.52 Å². The van der Waals surface area contributed by atoms with Crippen LogP contribution >= 0.6 is 0 Å². The van der Waals surface area contributed by atoms with Crippen molar-refractivity contribution in [2.24, 2.45) is 5.92 Å². The summed E-state index contributed by atoms with van der Waals surface area (Å²) in [5.74, 6) is 0.717. The molecule has 3 aromatic heterocycles. The Morgan fingerprint density at radius 1 is 1.12 bits per heavy atom. The summed E-state index contributed by atoms with van der Waals surface area (Å²) in [7, 11) is 0. The predicted octanol–water partition coefficient (Wildman–Crippen LogP) is 3.55. The Kier molecular flexibility index (Phi) is 6.45. The summed E-state index contributed by atoms with van der Waals surface area (Å²) < 4.78 is 3.57. The second kappa shape index (κ2) is 9.81. The average molecular weight is 458 g/mol. The first-order valence-corrected chi connectivity index (χ1v) is 12.1. The summed E-state index contributed by atoms with van der Waals surface area (Å²) >= 11 is 0. The Hall–Kier alpha value is -3.45. The summed E-state index contributed by atoms with van der Waals surface area (Å²) in [5.41, 5.74) is 3.64. The largest absolute Gasteiger partial charge is 0.352 e. The number of likely N-dealkylation sites (tertiary alicyclic amines) is 1. The monoisotopic (exact) mass is 457 g/mol. The number of hydrogen-bond donors (Lipinski definition) is 1. The van der Waals surface area contributed by atoms with E-state index in [1.807, 2.05) is 59.1 Å². The van der Waals surface area contributed by atoms with Crippen molar-refractivity contribution in [1.82, 2.24) is 24.2 Å². The zero-order valence-electron chi connectivity index (χ0n) is 19.6. The SMILES string of the molecule is C[C@@H]1CCCN(CCCNC(=O)c2ccc(Cn3c(=O)c4cccn4c4cccnc43)cc2)C1. The highest BCUT2D eigenvalue weighted by molar-refractivity contribution is 5.94. The molecule has 1 aliphatic heterocycles. The van der Waals surface area contributed by atoms with Gasteiger partial charge >= 0.3 is 0 Å². The first kappa shape index (κ1) is 22.3. The molecule has 0 radical (unpaired) electrons. The van der Waals surface area contributed by atoms with E-state index in [-0.39, 0.29) is 11.5 Å². The minimum Gasteiger partial charge on any atom is -0.352 e. The lowest BCUT2D eigenvalue weighted by Gasteiger charge is -2.30. The number of rotatable bonds is 7. The highest BCUT2D eigenvalue weighted by Crippen LogP contribution is 2.16. The average Bonchev–Trinajstić information content (AvgIpc) is 3.35. The van der Waals surface area contributed by atoms with E-state index in [0.717, 1.165) is 30.0 Å². The number of nitrogens with zero attached hydrogens (tertiary/aromatic N) is 4. The van der Waals surface area contributed by atoms with Crippen LogP contribution in [0.5, 0.6) is 0 Å². The predicted molar refractivity (Wildman–Crippen MR) is 134 cm³/mol. The van der Waals surface area contributed by atoms with Crippen LogP contribution in [0.4, 0.5) is 0 Å². The van der Waals surface area contributed by atoms with Crippen LogP contribution in [0.25, 0.3) is 16.7 Å². The van der Waals surface area contributed by atoms with Crippen molar-refractivity contribution in [3.8, 4) is 0 Å². The molecule has 1 aromatic carbocycles. The fourth-order valence-corrected chi connectivity index (χ4v) is 4.97. The molecule has 4 heterocycles. The number of amides is 1. The lowest BCUT2D eigenvalue weighted by molar-refractivity contribution is 0.0950. The van der Waals surface area contributed by atoms with Gasteiger partial charge in [0.25, 0.3) is 11.5 Å². The van der Waals surface area contributed by atoms with Gasteiger partial charge in [-0.1, -0.05) is 19.1 Å². The van der Waals surface area contributed by atoms with Gasteiger partial charge in [0.15, 0.2) is 5.65 Å². The third kappa shape index (κ3) is 4.61. The van der Waals surface area contributed by atoms with E-state index in [2.05, 4.69) is 22.1 Å². The van der Waals surface area contributed by atoms with Gasteiger partial charge in [-0.25, -0.2) is 4.98 Å². The molecule has 7 nitrogen and oxygen atoms in total. The highest BCUT2D eigenvalue weighted by Gasteiger charge is 2.16. The van der Waals surface area contributed by atoms with Gasteiger partial charge in [0, 0.05) is 31.0 Å². The molecule has 1 saturated heterocycles. The summed E-state index contributed by atoms with van der Waals surface area (Å²) in [6.07, 6.45) is 7.14. The van der Waals surface area contributed by atoms with Gasteiger partial charge in [-0.3, -0.25) is 14.2 Å². The van der Waals surface area contributed by atoms with Gasteiger partial charge in [-0.15, -0.1) is 0 Å². The maximum absolute atomic E-state index is 13.1. The Balaban J connectivity index is 1.23. The zero-order valence-corrected chi connectivity index (χ0v) is 19.6. The number of carbonyl (C=O) groups excluding carboxylic acids is 1. The van der Waals surface area contributed by atoms with Crippen LogP contribution in [0, 0.1) is 5.92 Å². The number of fused-ring (bicyclic) bond motifs is 3. The molecular weight excluding hydrogens is 426 g/mol. The number of nitrogens with one attached hydrogen (secondary N) is 1. The van der Waals surface area contributed by atoms with Crippen LogP contribution in [0.1, 0.15) is 42.1 Å². The number of carbonyl (C=O) groups is 1. The summed E-state index contributed by atoms with van der Waals surface area (Å²) in [4.78, 5) is 32.6. The van der Waals surface area contributed by atoms with E-state index >= 15 is 0 Å². The van der Waals surface area contributed by atoms with Crippen LogP contribution in [-0.4, -0.2) is 50.9 Å². The van der Waals surface area contributed by atoms with Crippen molar-refractivity contribution in [2.75, 3.05) is 26.2 Å². The maximum Gasteiger partial charge on any atom is 0.276 e. The maximum atomic E-state index is 13.1.